The average molecular weight is 352 g/mol. The Labute approximate surface area is 146 Å². The third kappa shape index (κ3) is 4.94. The zero-order valence-electron chi connectivity index (χ0n) is 15.0. The van der Waals surface area contributed by atoms with E-state index in [0.717, 1.165) is 5.69 Å². The van der Waals surface area contributed by atoms with Crippen LogP contribution >= 0.6 is 0 Å². The van der Waals surface area contributed by atoms with Crippen molar-refractivity contribution in [1.29, 1.82) is 0 Å². The van der Waals surface area contributed by atoms with Gasteiger partial charge in [0, 0.05) is 30.8 Å². The lowest BCUT2D eigenvalue weighted by molar-refractivity contribution is -0.131. The third-order valence-electron chi connectivity index (χ3n) is 3.54. The van der Waals surface area contributed by atoms with Crippen molar-refractivity contribution in [2.45, 2.75) is 46.3 Å². The molecule has 1 aromatic rings. The average Bonchev–Trinajstić information content (AvgIpc) is 2.94. The van der Waals surface area contributed by atoms with Gasteiger partial charge in [0.2, 0.25) is 5.91 Å². The minimum Gasteiger partial charge on any atom is -0.461 e. The lowest BCUT2D eigenvalue weighted by Crippen LogP contribution is -2.43. The van der Waals surface area contributed by atoms with Crippen LogP contribution in [0.15, 0.2) is 0 Å². The number of hydrogen-bond acceptors (Lipinski definition) is 6. The Morgan fingerprint density at radius 1 is 1.32 bits per heavy atom. The Morgan fingerprint density at radius 2 is 2.04 bits per heavy atom. The van der Waals surface area contributed by atoms with E-state index in [1.54, 1.807) is 32.6 Å². The Balaban J connectivity index is 1.95. The van der Waals surface area contributed by atoms with Crippen LogP contribution in [0.5, 0.6) is 0 Å². The number of nitrogens with zero attached hydrogens (tertiary/aromatic N) is 2. The van der Waals surface area contributed by atoms with Crippen LogP contribution in [-0.4, -0.2) is 58.4 Å². The van der Waals surface area contributed by atoms with E-state index in [4.69, 9.17) is 9.47 Å². The van der Waals surface area contributed by atoms with E-state index in [1.807, 2.05) is 0 Å². The van der Waals surface area contributed by atoms with Crippen molar-refractivity contribution >= 4 is 18.0 Å². The van der Waals surface area contributed by atoms with Gasteiger partial charge in [0.1, 0.15) is 12.1 Å². The molecule has 0 atom stereocenters. The van der Waals surface area contributed by atoms with Crippen LogP contribution in [-0.2, 0) is 27.2 Å². The fraction of sp³-hybridized carbons (Fsp3) is 0.625. The van der Waals surface area contributed by atoms with Crippen LogP contribution < -0.4 is 5.32 Å². The quantitative estimate of drug-likeness (QED) is 0.782. The summed E-state index contributed by atoms with van der Waals surface area (Å²) in [4.78, 5) is 37.4. The zero-order valence-corrected chi connectivity index (χ0v) is 15.0. The Hall–Kier alpha value is -2.58. The molecule has 1 aliphatic heterocycles. The minimum absolute atomic E-state index is 0.170. The van der Waals surface area contributed by atoms with Crippen LogP contribution in [0.3, 0.4) is 0 Å². The number of aromatic nitrogens is 2. The maximum absolute atomic E-state index is 12.3. The summed E-state index contributed by atoms with van der Waals surface area (Å²) < 4.78 is 10.1. The summed E-state index contributed by atoms with van der Waals surface area (Å²) >= 11 is 0. The molecule has 0 spiro atoms. The molecular weight excluding hydrogens is 328 g/mol. The van der Waals surface area contributed by atoms with Gasteiger partial charge in [0.15, 0.2) is 5.69 Å². The highest BCUT2D eigenvalue weighted by molar-refractivity contribution is 5.89. The van der Waals surface area contributed by atoms with Gasteiger partial charge in [-0.05, 0) is 27.7 Å². The summed E-state index contributed by atoms with van der Waals surface area (Å²) in [7, 11) is 0. The van der Waals surface area contributed by atoms with Gasteiger partial charge >= 0.3 is 12.1 Å². The molecule has 2 rings (SSSR count). The fourth-order valence-electron chi connectivity index (χ4n) is 2.45. The summed E-state index contributed by atoms with van der Waals surface area (Å²) in [5.41, 5.74) is 1.07. The number of amides is 2. The number of esters is 1. The Kier molecular flexibility index (Phi) is 5.66. The minimum atomic E-state index is -0.644. The molecule has 25 heavy (non-hydrogen) atoms. The van der Waals surface area contributed by atoms with E-state index in [1.165, 1.54) is 0 Å². The summed E-state index contributed by atoms with van der Waals surface area (Å²) in [6, 6.07) is 0. The summed E-state index contributed by atoms with van der Waals surface area (Å²) in [6.45, 7) is 7.76. The van der Waals surface area contributed by atoms with Gasteiger partial charge in [-0.3, -0.25) is 9.89 Å². The van der Waals surface area contributed by atoms with Gasteiger partial charge < -0.3 is 19.7 Å². The normalized spacial score (nSPS) is 13.8. The third-order valence-corrected chi connectivity index (χ3v) is 3.54. The highest BCUT2D eigenvalue weighted by Crippen LogP contribution is 2.21. The van der Waals surface area contributed by atoms with Crippen molar-refractivity contribution in [3.63, 3.8) is 0 Å². The lowest BCUT2D eigenvalue weighted by atomic mass is 10.1. The van der Waals surface area contributed by atoms with Gasteiger partial charge in [-0.2, -0.15) is 5.10 Å². The molecule has 0 aromatic carbocycles. The van der Waals surface area contributed by atoms with Gasteiger partial charge in [0.25, 0.3) is 0 Å². The summed E-state index contributed by atoms with van der Waals surface area (Å²) in [5.74, 6) is -0.770. The van der Waals surface area contributed by atoms with Crippen LogP contribution in [0, 0.1) is 0 Å². The number of carbonyl (C=O) groups excluding carboxylic acids is 3. The maximum Gasteiger partial charge on any atom is 0.408 e. The largest absolute Gasteiger partial charge is 0.461 e. The lowest BCUT2D eigenvalue weighted by Gasteiger charge is -2.27. The second-order valence-corrected chi connectivity index (χ2v) is 6.67. The van der Waals surface area contributed by atoms with Gasteiger partial charge in [-0.1, -0.05) is 0 Å². The SMILES string of the molecule is CCOC(=O)c1n[nH]c2c1CN(C(=O)CNC(=O)OC(C)(C)C)CC2. The van der Waals surface area contributed by atoms with Crippen LogP contribution in [0.4, 0.5) is 4.79 Å². The summed E-state index contributed by atoms with van der Waals surface area (Å²) in [6.07, 6.45) is -0.0889. The smallest absolute Gasteiger partial charge is 0.408 e. The molecule has 9 nitrogen and oxygen atoms in total. The molecule has 0 saturated carbocycles. The monoisotopic (exact) mass is 352 g/mol. The second kappa shape index (κ2) is 7.54. The van der Waals surface area contributed by atoms with Crippen molar-refractivity contribution < 1.29 is 23.9 Å². The standard InChI is InChI=1S/C16H24N4O5/c1-5-24-14(22)13-10-9-20(7-6-11(10)18-19-13)12(21)8-17-15(23)25-16(2,3)4/h5-9H2,1-4H3,(H,17,23)(H,18,19). The van der Waals surface area contributed by atoms with Crippen molar-refractivity contribution in [2.24, 2.45) is 0 Å². The fourth-order valence-corrected chi connectivity index (χ4v) is 2.45. The van der Waals surface area contributed by atoms with E-state index in [9.17, 15) is 14.4 Å². The first-order chi connectivity index (χ1) is 11.7. The number of hydrogen-bond donors (Lipinski definition) is 2. The van der Waals surface area contributed by atoms with E-state index in [2.05, 4.69) is 15.5 Å². The molecule has 1 aliphatic rings. The number of carbonyl (C=O) groups is 3. The van der Waals surface area contributed by atoms with Gasteiger partial charge in [0.05, 0.1) is 6.61 Å². The number of H-pyrrole nitrogens is 1. The maximum atomic E-state index is 12.3. The molecule has 138 valence electrons. The van der Waals surface area contributed by atoms with Gasteiger partial charge in [-0.15, -0.1) is 0 Å². The molecule has 0 unspecified atom stereocenters. The first-order valence-electron chi connectivity index (χ1n) is 8.19. The van der Waals surface area contributed by atoms with E-state index in [0.29, 0.717) is 18.5 Å². The molecule has 2 heterocycles. The molecule has 0 aliphatic carbocycles. The number of nitrogens with one attached hydrogen (secondary N) is 2. The van der Waals surface area contributed by atoms with E-state index in [-0.39, 0.29) is 31.3 Å². The zero-order chi connectivity index (χ0) is 18.6. The van der Waals surface area contributed by atoms with Crippen molar-refractivity contribution in [1.82, 2.24) is 20.4 Å². The second-order valence-electron chi connectivity index (χ2n) is 6.67. The van der Waals surface area contributed by atoms with Crippen LogP contribution in [0.2, 0.25) is 0 Å². The van der Waals surface area contributed by atoms with Crippen molar-refractivity contribution in [3.8, 4) is 0 Å². The number of fused-ring (bicyclic) bond motifs is 1. The number of alkyl carbamates (subject to hydrolysis) is 1. The van der Waals surface area contributed by atoms with E-state index < -0.39 is 17.7 Å². The molecule has 2 amide bonds. The van der Waals surface area contributed by atoms with Crippen molar-refractivity contribution in [3.05, 3.63) is 17.0 Å². The highest BCUT2D eigenvalue weighted by atomic mass is 16.6. The topological polar surface area (TPSA) is 114 Å². The Morgan fingerprint density at radius 3 is 2.68 bits per heavy atom. The summed E-state index contributed by atoms with van der Waals surface area (Å²) in [5, 5.41) is 9.26. The number of rotatable bonds is 4. The van der Waals surface area contributed by atoms with Crippen molar-refractivity contribution in [2.75, 3.05) is 19.7 Å². The molecule has 0 saturated heterocycles. The Bertz CT molecular complexity index is 662. The molecule has 0 bridgehead atoms. The van der Waals surface area contributed by atoms with E-state index >= 15 is 0 Å². The molecule has 2 N–H and O–H groups in total. The molecule has 0 radical (unpaired) electrons. The molecule has 9 heteroatoms. The first-order valence-corrected chi connectivity index (χ1v) is 8.19. The highest BCUT2D eigenvalue weighted by Gasteiger charge is 2.28. The molecule has 0 fully saturated rings. The molecular formula is C16H24N4O5. The number of aromatic amines is 1. The van der Waals surface area contributed by atoms with Crippen LogP contribution in [0.1, 0.15) is 49.4 Å². The predicted molar refractivity (Wildman–Crippen MR) is 87.9 cm³/mol. The predicted octanol–water partition coefficient (Wildman–Crippen LogP) is 0.996. The van der Waals surface area contributed by atoms with Crippen LogP contribution in [0.25, 0.3) is 0 Å². The number of ether oxygens (including phenoxy) is 2. The molecule has 1 aromatic heterocycles. The van der Waals surface area contributed by atoms with Gasteiger partial charge in [-0.25, -0.2) is 9.59 Å². The first kappa shape index (κ1) is 18.8.